The number of benzene rings is 1. The van der Waals surface area contributed by atoms with Gasteiger partial charge in [-0.3, -0.25) is 4.79 Å². The van der Waals surface area contributed by atoms with Crippen molar-refractivity contribution in [3.63, 3.8) is 0 Å². The van der Waals surface area contributed by atoms with Gasteiger partial charge in [0, 0.05) is 44.2 Å². The van der Waals surface area contributed by atoms with Crippen molar-refractivity contribution in [1.82, 2.24) is 5.32 Å². The topological polar surface area (TPSA) is 29.1 Å². The van der Waals surface area contributed by atoms with Crippen LogP contribution in [0.25, 0.3) is 0 Å². The number of piperidine rings is 1. The van der Waals surface area contributed by atoms with Gasteiger partial charge in [-0.15, -0.1) is 0 Å². The average Bonchev–Trinajstić information content (AvgIpc) is 2.30. The predicted molar refractivity (Wildman–Crippen MR) is 62.8 cm³/mol. The fourth-order valence-electron chi connectivity index (χ4n) is 1.92. The van der Waals surface area contributed by atoms with Crippen LogP contribution in [0.4, 0.5) is 0 Å². The second kappa shape index (κ2) is 8.10. The molecular weight excluding hydrogens is 275 g/mol. The van der Waals surface area contributed by atoms with E-state index in [9.17, 15) is 4.79 Å². The molecule has 1 heterocycles. The largest absolute Gasteiger partial charge is 0.358 e. The third-order valence-electron chi connectivity index (χ3n) is 2.77. The summed E-state index contributed by atoms with van der Waals surface area (Å²) < 4.78 is 0. The Balaban J connectivity index is 0.00000112. The van der Waals surface area contributed by atoms with Crippen molar-refractivity contribution >= 4 is 5.78 Å². The first-order chi connectivity index (χ1) is 6.88. The van der Waals surface area contributed by atoms with Gasteiger partial charge in [0.2, 0.25) is 0 Å². The van der Waals surface area contributed by atoms with Gasteiger partial charge < -0.3 is 12.7 Å². The van der Waals surface area contributed by atoms with E-state index < -0.39 is 0 Å². The Morgan fingerprint density at radius 2 is 1.69 bits per heavy atom. The molecule has 2 rings (SSSR count). The number of nitrogens with one attached hydrogen (secondary N) is 1. The Kier molecular flexibility index (Phi) is 8.08. The molecule has 0 bridgehead atoms. The molecule has 1 aliphatic rings. The van der Waals surface area contributed by atoms with Gasteiger partial charge in [0.25, 0.3) is 0 Å². The molecule has 16 heavy (non-hydrogen) atoms. The predicted octanol–water partition coefficient (Wildman–Crippen LogP) is 2.32. The van der Waals surface area contributed by atoms with E-state index in [2.05, 4.69) is 5.32 Å². The van der Waals surface area contributed by atoms with Crippen LogP contribution in [0.1, 0.15) is 23.2 Å². The smallest absolute Gasteiger partial charge is 0.166 e. The molecule has 0 unspecified atom stereocenters. The Morgan fingerprint density at radius 3 is 2.25 bits per heavy atom. The first-order valence-electron chi connectivity index (χ1n) is 5.18. The van der Waals surface area contributed by atoms with Crippen LogP contribution in [0.3, 0.4) is 0 Å². The van der Waals surface area contributed by atoms with E-state index in [4.69, 9.17) is 0 Å². The Hall–Kier alpha value is -0.0461. The van der Waals surface area contributed by atoms with Crippen LogP contribution >= 0.6 is 0 Å². The third kappa shape index (κ3) is 4.08. The molecule has 1 aromatic rings. The minimum absolute atomic E-state index is 0. The molecule has 1 saturated heterocycles. The molecule has 1 radical (unpaired) electrons. The van der Waals surface area contributed by atoms with E-state index in [1.807, 2.05) is 30.3 Å². The summed E-state index contributed by atoms with van der Waals surface area (Å²) >= 11 is 0. The van der Waals surface area contributed by atoms with Crippen molar-refractivity contribution in [1.29, 1.82) is 0 Å². The van der Waals surface area contributed by atoms with Crippen molar-refractivity contribution < 1.29 is 37.5 Å². The van der Waals surface area contributed by atoms with Crippen LogP contribution < -0.4 is 5.32 Å². The second-order valence-electron chi connectivity index (χ2n) is 3.75. The van der Waals surface area contributed by atoms with Crippen LogP contribution in [0.2, 0.25) is 0 Å². The van der Waals surface area contributed by atoms with Crippen LogP contribution in [-0.2, 0) is 32.7 Å². The summed E-state index contributed by atoms with van der Waals surface area (Å²) in [6, 6.07) is 9.61. The number of Topliss-reactive ketones (excluding diaryl/α,β-unsaturated/α-hetero) is 1. The summed E-state index contributed by atoms with van der Waals surface area (Å²) in [7, 11) is 0. The SMILES string of the molecule is O=C(c1ccccc1)C1CCNCC1.[CH3-].[Y]. The van der Waals surface area contributed by atoms with Crippen molar-refractivity contribution in [3.8, 4) is 0 Å². The van der Waals surface area contributed by atoms with Gasteiger partial charge >= 0.3 is 0 Å². The molecule has 2 nitrogen and oxygen atoms in total. The van der Waals surface area contributed by atoms with Crippen LogP contribution in [-0.4, -0.2) is 18.9 Å². The normalized spacial score (nSPS) is 15.8. The summed E-state index contributed by atoms with van der Waals surface area (Å²) in [5.41, 5.74) is 0.861. The van der Waals surface area contributed by atoms with E-state index in [-0.39, 0.29) is 46.1 Å². The summed E-state index contributed by atoms with van der Waals surface area (Å²) in [4.78, 5) is 12.0. The van der Waals surface area contributed by atoms with Crippen molar-refractivity contribution in [2.45, 2.75) is 12.8 Å². The number of carbonyl (C=O) groups excluding carboxylic acids is 1. The van der Waals surface area contributed by atoms with Gasteiger partial charge in [-0.1, -0.05) is 30.3 Å². The number of ketones is 1. The fourth-order valence-corrected chi connectivity index (χ4v) is 1.92. The van der Waals surface area contributed by atoms with E-state index in [0.717, 1.165) is 31.5 Å². The van der Waals surface area contributed by atoms with Crippen LogP contribution in [0, 0.1) is 13.3 Å². The standard InChI is InChI=1S/C12H15NO.CH3.Y/c14-12(10-4-2-1-3-5-10)11-6-8-13-9-7-11;;/h1-5,11,13H,6-9H2;1H3;/q;-1;. The average molecular weight is 293 g/mol. The zero-order valence-corrected chi connectivity index (χ0v) is 12.6. The quantitative estimate of drug-likeness (QED) is 0.670. The molecule has 1 N–H and O–H groups in total. The summed E-state index contributed by atoms with van der Waals surface area (Å²) in [6.07, 6.45) is 1.96. The monoisotopic (exact) mass is 293 g/mol. The minimum Gasteiger partial charge on any atom is -0.358 e. The van der Waals surface area contributed by atoms with Crippen molar-refractivity contribution in [2.24, 2.45) is 5.92 Å². The van der Waals surface area contributed by atoms with Gasteiger partial charge in [0.05, 0.1) is 0 Å². The maximum Gasteiger partial charge on any atom is 0.166 e. The van der Waals surface area contributed by atoms with E-state index in [1.165, 1.54) is 0 Å². The van der Waals surface area contributed by atoms with Crippen LogP contribution in [0.5, 0.6) is 0 Å². The molecule has 1 fully saturated rings. The number of carbonyl (C=O) groups is 1. The second-order valence-corrected chi connectivity index (χ2v) is 3.75. The van der Waals surface area contributed by atoms with E-state index >= 15 is 0 Å². The van der Waals surface area contributed by atoms with Gasteiger partial charge in [0.1, 0.15) is 0 Å². The van der Waals surface area contributed by atoms with Gasteiger partial charge in [-0.25, -0.2) is 0 Å². The first-order valence-corrected chi connectivity index (χ1v) is 5.18. The zero-order chi connectivity index (χ0) is 9.80. The van der Waals surface area contributed by atoms with E-state index in [1.54, 1.807) is 0 Å². The molecule has 0 atom stereocenters. The van der Waals surface area contributed by atoms with Gasteiger partial charge in [-0.05, 0) is 25.9 Å². The van der Waals surface area contributed by atoms with E-state index in [0.29, 0.717) is 5.78 Å². The minimum atomic E-state index is 0. The van der Waals surface area contributed by atoms with Gasteiger partial charge in [-0.2, -0.15) is 0 Å². The molecule has 0 aromatic heterocycles. The Bertz CT molecular complexity index is 307. The summed E-state index contributed by atoms with van der Waals surface area (Å²) in [6.45, 7) is 1.95. The molecule has 0 spiro atoms. The van der Waals surface area contributed by atoms with Crippen molar-refractivity contribution in [3.05, 3.63) is 43.3 Å². The van der Waals surface area contributed by atoms with Crippen LogP contribution in [0.15, 0.2) is 30.3 Å². The fraction of sp³-hybridized carbons (Fsp3) is 0.385. The molecule has 0 amide bonds. The molecule has 0 aliphatic carbocycles. The number of hydrogen-bond donors (Lipinski definition) is 1. The summed E-state index contributed by atoms with van der Waals surface area (Å²) in [5, 5.41) is 3.27. The molecule has 85 valence electrons. The molecule has 1 aliphatic heterocycles. The van der Waals surface area contributed by atoms with Gasteiger partial charge in [0.15, 0.2) is 5.78 Å². The molecular formula is C13H18NOY-. The zero-order valence-electron chi connectivity index (χ0n) is 9.78. The number of rotatable bonds is 2. The van der Waals surface area contributed by atoms with Crippen molar-refractivity contribution in [2.75, 3.05) is 13.1 Å². The summed E-state index contributed by atoms with van der Waals surface area (Å²) in [5.74, 6) is 0.547. The molecule has 0 saturated carbocycles. The Labute approximate surface area is 123 Å². The first kappa shape index (κ1) is 16.0. The maximum absolute atomic E-state index is 12.0. The molecule has 3 heteroatoms. The molecule has 1 aromatic carbocycles. The Morgan fingerprint density at radius 1 is 1.12 bits per heavy atom. The maximum atomic E-state index is 12.0. The third-order valence-corrected chi connectivity index (χ3v) is 2.77. The number of hydrogen-bond acceptors (Lipinski definition) is 2.